The molecule has 0 heterocycles. The topological polar surface area (TPSA) is 72.2 Å². The Balaban J connectivity index is 2.28. The van der Waals surface area contributed by atoms with E-state index in [9.17, 15) is 17.2 Å². The highest BCUT2D eigenvalue weighted by molar-refractivity contribution is 9.10. The highest BCUT2D eigenvalue weighted by Gasteiger charge is 2.22. The zero-order chi connectivity index (χ0) is 15.6. The molecular formula is C13H11BrF2N2O2S. The summed E-state index contributed by atoms with van der Waals surface area (Å²) in [5.74, 6) is -2.30. The van der Waals surface area contributed by atoms with Crippen molar-refractivity contribution < 1.29 is 17.2 Å². The molecule has 0 aliphatic carbocycles. The Morgan fingerprint density at radius 2 is 1.81 bits per heavy atom. The molecule has 0 radical (unpaired) electrons. The van der Waals surface area contributed by atoms with Gasteiger partial charge in [-0.2, -0.15) is 0 Å². The fourth-order valence-corrected chi connectivity index (χ4v) is 3.17. The molecule has 21 heavy (non-hydrogen) atoms. The summed E-state index contributed by atoms with van der Waals surface area (Å²) in [5.41, 5.74) is 5.02. The molecule has 0 spiro atoms. The van der Waals surface area contributed by atoms with Gasteiger partial charge in [-0.15, -0.1) is 0 Å². The molecule has 0 atom stereocenters. The fraction of sp³-hybridized carbons (Fsp3) is 0.0769. The van der Waals surface area contributed by atoms with E-state index in [1.165, 1.54) is 0 Å². The fourth-order valence-electron chi connectivity index (χ4n) is 1.65. The number of halogens is 3. The molecule has 0 saturated heterocycles. The molecule has 0 aliphatic rings. The number of rotatable bonds is 4. The van der Waals surface area contributed by atoms with Crippen LogP contribution in [-0.2, 0) is 16.6 Å². The smallest absolute Gasteiger partial charge is 0.243 e. The zero-order valence-corrected chi connectivity index (χ0v) is 13.0. The van der Waals surface area contributed by atoms with E-state index in [1.807, 2.05) is 0 Å². The molecule has 3 N–H and O–H groups in total. The van der Waals surface area contributed by atoms with Crippen LogP contribution in [0.5, 0.6) is 0 Å². The van der Waals surface area contributed by atoms with Crippen LogP contribution < -0.4 is 10.5 Å². The van der Waals surface area contributed by atoms with Crippen LogP contribution in [0.3, 0.4) is 0 Å². The number of nitrogen functional groups attached to an aromatic ring is 1. The van der Waals surface area contributed by atoms with Crippen LogP contribution in [0.15, 0.2) is 45.8 Å². The van der Waals surface area contributed by atoms with Crippen molar-refractivity contribution in [2.75, 3.05) is 5.73 Å². The molecule has 2 aromatic carbocycles. The Kier molecular flexibility index (Phi) is 4.60. The SMILES string of the molecule is Nc1c(F)ccc(S(=O)(=O)NCc2ccccc2Br)c1F. The average molecular weight is 377 g/mol. The zero-order valence-electron chi connectivity index (χ0n) is 10.6. The Hall–Kier alpha value is -1.51. The van der Waals surface area contributed by atoms with Crippen LogP contribution in [0, 0.1) is 11.6 Å². The molecule has 0 unspecified atom stereocenters. The van der Waals surface area contributed by atoms with E-state index in [-0.39, 0.29) is 6.54 Å². The summed E-state index contributed by atoms with van der Waals surface area (Å²) in [4.78, 5) is -0.687. The summed E-state index contributed by atoms with van der Waals surface area (Å²) in [6.07, 6.45) is 0. The maximum atomic E-state index is 13.8. The van der Waals surface area contributed by atoms with Gasteiger partial charge in [-0.25, -0.2) is 21.9 Å². The number of nitrogens with two attached hydrogens (primary N) is 1. The quantitative estimate of drug-likeness (QED) is 0.805. The summed E-state index contributed by atoms with van der Waals surface area (Å²) in [5, 5.41) is 0. The van der Waals surface area contributed by atoms with Gasteiger partial charge >= 0.3 is 0 Å². The summed E-state index contributed by atoms with van der Waals surface area (Å²) in [6.45, 7) is -0.0412. The van der Waals surface area contributed by atoms with E-state index < -0.39 is 32.2 Å². The Bertz CT molecular complexity index is 782. The number of nitrogens with one attached hydrogen (secondary N) is 1. The number of hydrogen-bond donors (Lipinski definition) is 2. The van der Waals surface area contributed by atoms with Crippen molar-refractivity contribution in [1.82, 2.24) is 4.72 Å². The van der Waals surface area contributed by atoms with E-state index in [0.29, 0.717) is 10.0 Å². The van der Waals surface area contributed by atoms with Crippen molar-refractivity contribution in [2.24, 2.45) is 0 Å². The molecule has 0 fully saturated rings. The van der Waals surface area contributed by atoms with Gasteiger partial charge in [0.05, 0.1) is 0 Å². The lowest BCUT2D eigenvalue weighted by molar-refractivity contribution is 0.548. The first-order valence-electron chi connectivity index (χ1n) is 5.79. The van der Waals surface area contributed by atoms with Crippen LogP contribution in [-0.4, -0.2) is 8.42 Å². The first-order valence-corrected chi connectivity index (χ1v) is 8.07. The summed E-state index contributed by atoms with van der Waals surface area (Å²) < 4.78 is 53.9. The lowest BCUT2D eigenvalue weighted by atomic mass is 10.2. The highest BCUT2D eigenvalue weighted by Crippen LogP contribution is 2.23. The third-order valence-electron chi connectivity index (χ3n) is 2.79. The normalized spacial score (nSPS) is 11.6. The molecule has 8 heteroatoms. The van der Waals surface area contributed by atoms with Crippen molar-refractivity contribution in [3.63, 3.8) is 0 Å². The van der Waals surface area contributed by atoms with Crippen molar-refractivity contribution in [3.05, 3.63) is 58.1 Å². The second-order valence-corrected chi connectivity index (χ2v) is 6.78. The molecule has 2 rings (SSSR count). The van der Waals surface area contributed by atoms with Crippen LogP contribution >= 0.6 is 15.9 Å². The first-order chi connectivity index (χ1) is 9.83. The van der Waals surface area contributed by atoms with Crippen LogP contribution in [0.4, 0.5) is 14.5 Å². The molecule has 0 aliphatic heterocycles. The summed E-state index contributed by atoms with van der Waals surface area (Å²) in [7, 11) is -4.14. The minimum Gasteiger partial charge on any atom is -0.394 e. The van der Waals surface area contributed by atoms with E-state index >= 15 is 0 Å². The maximum absolute atomic E-state index is 13.8. The molecule has 0 aromatic heterocycles. The summed E-state index contributed by atoms with van der Waals surface area (Å²) in [6, 6.07) is 8.63. The third-order valence-corrected chi connectivity index (χ3v) is 4.98. The molecule has 2 aromatic rings. The first kappa shape index (κ1) is 15.9. The molecule has 0 saturated carbocycles. The Labute approximate surface area is 129 Å². The van der Waals surface area contributed by atoms with E-state index in [0.717, 1.165) is 12.1 Å². The molecule has 112 valence electrons. The minimum atomic E-state index is -4.14. The van der Waals surface area contributed by atoms with Gasteiger partial charge < -0.3 is 5.73 Å². The molecule has 0 bridgehead atoms. The Morgan fingerprint density at radius 3 is 2.48 bits per heavy atom. The average Bonchev–Trinajstić information content (AvgIpc) is 2.44. The Morgan fingerprint density at radius 1 is 1.14 bits per heavy atom. The van der Waals surface area contributed by atoms with Gasteiger partial charge in [0.25, 0.3) is 0 Å². The molecule has 4 nitrogen and oxygen atoms in total. The van der Waals surface area contributed by atoms with Gasteiger partial charge in [0.2, 0.25) is 10.0 Å². The van der Waals surface area contributed by atoms with Gasteiger partial charge in [-0.3, -0.25) is 0 Å². The van der Waals surface area contributed by atoms with Crippen LogP contribution in [0.1, 0.15) is 5.56 Å². The lowest BCUT2D eigenvalue weighted by Crippen LogP contribution is -2.24. The number of hydrogen-bond acceptors (Lipinski definition) is 3. The minimum absolute atomic E-state index is 0.0412. The standard InChI is InChI=1S/C13H11BrF2N2O2S/c14-9-4-2-1-3-8(9)7-18-21(19,20)11-6-5-10(15)13(17)12(11)16/h1-6,18H,7,17H2. The number of benzene rings is 2. The predicted molar refractivity (Wildman–Crippen MR) is 78.9 cm³/mol. The van der Waals surface area contributed by atoms with Crippen molar-refractivity contribution in [3.8, 4) is 0 Å². The lowest BCUT2D eigenvalue weighted by Gasteiger charge is -2.10. The van der Waals surface area contributed by atoms with Crippen molar-refractivity contribution in [1.29, 1.82) is 0 Å². The highest BCUT2D eigenvalue weighted by atomic mass is 79.9. The summed E-state index contributed by atoms with van der Waals surface area (Å²) >= 11 is 3.28. The van der Waals surface area contributed by atoms with Crippen LogP contribution in [0.2, 0.25) is 0 Å². The monoisotopic (exact) mass is 376 g/mol. The van der Waals surface area contributed by atoms with Gasteiger partial charge in [0.1, 0.15) is 16.4 Å². The van der Waals surface area contributed by atoms with Gasteiger partial charge in [-0.1, -0.05) is 34.1 Å². The van der Waals surface area contributed by atoms with E-state index in [1.54, 1.807) is 24.3 Å². The van der Waals surface area contributed by atoms with E-state index in [2.05, 4.69) is 20.7 Å². The largest absolute Gasteiger partial charge is 0.394 e. The second-order valence-electron chi connectivity index (χ2n) is 4.19. The van der Waals surface area contributed by atoms with Crippen molar-refractivity contribution >= 4 is 31.6 Å². The maximum Gasteiger partial charge on any atom is 0.243 e. The van der Waals surface area contributed by atoms with Crippen molar-refractivity contribution in [2.45, 2.75) is 11.4 Å². The second kappa shape index (κ2) is 6.08. The van der Waals surface area contributed by atoms with Gasteiger partial charge in [0.15, 0.2) is 5.82 Å². The number of anilines is 1. The molecular weight excluding hydrogens is 366 g/mol. The van der Waals surface area contributed by atoms with Crippen LogP contribution in [0.25, 0.3) is 0 Å². The van der Waals surface area contributed by atoms with Gasteiger partial charge in [0, 0.05) is 11.0 Å². The number of sulfonamides is 1. The van der Waals surface area contributed by atoms with E-state index in [4.69, 9.17) is 5.73 Å². The molecule has 0 amide bonds. The van der Waals surface area contributed by atoms with Gasteiger partial charge in [-0.05, 0) is 23.8 Å². The third kappa shape index (κ3) is 3.39. The predicted octanol–water partition coefficient (Wildman–Crippen LogP) is 2.79.